The fourth-order valence-corrected chi connectivity index (χ4v) is 2.46. The van der Waals surface area contributed by atoms with Crippen molar-refractivity contribution in [2.24, 2.45) is 0 Å². The van der Waals surface area contributed by atoms with E-state index < -0.39 is 6.09 Å². The molecule has 26 heavy (non-hydrogen) atoms. The highest BCUT2D eigenvalue weighted by Gasteiger charge is 2.02. The molecule has 0 saturated heterocycles. The van der Waals surface area contributed by atoms with Crippen molar-refractivity contribution in [1.82, 2.24) is 15.3 Å². The maximum absolute atomic E-state index is 11.6. The summed E-state index contributed by atoms with van der Waals surface area (Å²) in [4.78, 5) is 19.7. The summed E-state index contributed by atoms with van der Waals surface area (Å²) >= 11 is 6.06. The lowest BCUT2D eigenvalue weighted by atomic mass is 10.1. The molecule has 130 valence electrons. The maximum Gasteiger partial charge on any atom is 0.407 e. The number of benzene rings is 2. The number of amides is 1. The van der Waals surface area contributed by atoms with Gasteiger partial charge < -0.3 is 10.1 Å². The number of halogens is 1. The van der Waals surface area contributed by atoms with Gasteiger partial charge in [-0.2, -0.15) is 0 Å². The van der Waals surface area contributed by atoms with Gasteiger partial charge in [0.15, 0.2) is 0 Å². The molecule has 0 bridgehead atoms. The first-order chi connectivity index (χ1) is 12.7. The second-order valence-electron chi connectivity index (χ2n) is 5.44. The molecular weight excluding hydrogens is 350 g/mol. The summed E-state index contributed by atoms with van der Waals surface area (Å²) in [6, 6.07) is 15.1. The van der Waals surface area contributed by atoms with E-state index in [0.29, 0.717) is 18.1 Å². The van der Waals surface area contributed by atoms with Gasteiger partial charge in [0.2, 0.25) is 0 Å². The number of alkyl carbamates (subject to hydrolysis) is 1. The second-order valence-corrected chi connectivity index (χ2v) is 5.79. The molecule has 0 fully saturated rings. The van der Waals surface area contributed by atoms with Crippen LogP contribution in [0.5, 0.6) is 0 Å². The minimum Gasteiger partial charge on any atom is -0.445 e. The Morgan fingerprint density at radius 2 is 2.00 bits per heavy atom. The van der Waals surface area contributed by atoms with E-state index in [1.807, 2.05) is 48.5 Å². The van der Waals surface area contributed by atoms with Crippen LogP contribution in [0, 0.1) is 11.8 Å². The van der Waals surface area contributed by atoms with Crippen molar-refractivity contribution in [3.05, 3.63) is 71.1 Å². The average Bonchev–Trinajstić information content (AvgIpc) is 2.67. The van der Waals surface area contributed by atoms with E-state index in [4.69, 9.17) is 16.3 Å². The van der Waals surface area contributed by atoms with Gasteiger partial charge in [-0.05, 0) is 23.8 Å². The van der Waals surface area contributed by atoms with E-state index in [1.54, 1.807) is 0 Å². The number of nitrogens with one attached hydrogen (secondary N) is 1. The molecule has 6 heteroatoms. The number of aromatic nitrogens is 2. The minimum absolute atomic E-state index is 0.248. The number of nitrogens with zero attached hydrogens (tertiary/aromatic N) is 2. The molecule has 1 aromatic heterocycles. The Morgan fingerprint density at radius 1 is 1.15 bits per heavy atom. The molecule has 1 amide bonds. The normalized spacial score (nSPS) is 10.0. The highest BCUT2D eigenvalue weighted by Crippen LogP contribution is 2.19. The molecule has 3 rings (SSSR count). The van der Waals surface area contributed by atoms with Gasteiger partial charge in [-0.25, -0.2) is 14.8 Å². The van der Waals surface area contributed by atoms with Gasteiger partial charge in [0.05, 0.1) is 5.52 Å². The smallest absolute Gasteiger partial charge is 0.407 e. The van der Waals surface area contributed by atoms with Gasteiger partial charge in [0, 0.05) is 23.9 Å². The van der Waals surface area contributed by atoms with Crippen LogP contribution in [0.25, 0.3) is 10.9 Å². The summed E-state index contributed by atoms with van der Waals surface area (Å²) in [5.74, 6) is 6.05. The lowest BCUT2D eigenvalue weighted by molar-refractivity contribution is 0.140. The van der Waals surface area contributed by atoms with Crippen molar-refractivity contribution in [1.29, 1.82) is 0 Å². The number of ether oxygens (including phenoxy) is 1. The van der Waals surface area contributed by atoms with Crippen molar-refractivity contribution in [3.8, 4) is 11.8 Å². The predicted molar refractivity (Wildman–Crippen MR) is 101 cm³/mol. The van der Waals surface area contributed by atoms with E-state index in [9.17, 15) is 4.79 Å². The highest BCUT2D eigenvalue weighted by molar-refractivity contribution is 6.34. The molecule has 0 aliphatic rings. The first-order valence-corrected chi connectivity index (χ1v) is 8.44. The molecule has 0 radical (unpaired) electrons. The van der Waals surface area contributed by atoms with Crippen LogP contribution in [-0.4, -0.2) is 22.6 Å². The van der Waals surface area contributed by atoms with E-state index in [-0.39, 0.29) is 6.61 Å². The maximum atomic E-state index is 11.6. The van der Waals surface area contributed by atoms with Crippen molar-refractivity contribution >= 4 is 28.6 Å². The van der Waals surface area contributed by atoms with Gasteiger partial charge in [-0.3, -0.25) is 0 Å². The number of fused-ring (bicyclic) bond motifs is 1. The molecule has 3 aromatic rings. The van der Waals surface area contributed by atoms with Crippen LogP contribution < -0.4 is 5.32 Å². The molecule has 0 aliphatic heterocycles. The number of hydrogen-bond donors (Lipinski definition) is 1. The van der Waals surface area contributed by atoms with Crippen molar-refractivity contribution in [2.45, 2.75) is 13.0 Å². The lowest BCUT2D eigenvalue weighted by Crippen LogP contribution is -2.24. The Hall–Kier alpha value is -3.10. The van der Waals surface area contributed by atoms with Crippen LogP contribution in [0.15, 0.2) is 54.9 Å². The Bertz CT molecular complexity index is 965. The molecule has 1 heterocycles. The van der Waals surface area contributed by atoms with Gasteiger partial charge in [0.1, 0.15) is 18.1 Å². The fraction of sp³-hybridized carbons (Fsp3) is 0.150. The zero-order valence-corrected chi connectivity index (χ0v) is 14.7. The van der Waals surface area contributed by atoms with Crippen molar-refractivity contribution in [3.63, 3.8) is 0 Å². The second kappa shape index (κ2) is 8.84. The highest BCUT2D eigenvalue weighted by atomic mass is 35.5. The monoisotopic (exact) mass is 365 g/mol. The van der Waals surface area contributed by atoms with E-state index >= 15 is 0 Å². The molecule has 0 atom stereocenters. The quantitative estimate of drug-likeness (QED) is 0.432. The summed E-state index contributed by atoms with van der Waals surface area (Å²) in [7, 11) is 0. The number of carbonyl (C=O) groups is 1. The Labute approximate surface area is 156 Å². The molecule has 2 aromatic carbocycles. The molecule has 0 aliphatic carbocycles. The standard InChI is InChI=1S/C20H16ClN3O2/c21-19-17-12-15(9-10-18(17)23-14-24-19)6-4-5-11-22-20(25)26-13-16-7-2-1-3-8-16/h1-3,7-10,12,14H,5,11,13H2,(H,22,25). The summed E-state index contributed by atoms with van der Waals surface area (Å²) in [5, 5.41) is 3.84. The molecule has 0 spiro atoms. The minimum atomic E-state index is -0.453. The van der Waals surface area contributed by atoms with Crippen molar-refractivity contribution < 1.29 is 9.53 Å². The molecule has 0 saturated carbocycles. The molecule has 5 nitrogen and oxygen atoms in total. The first-order valence-electron chi connectivity index (χ1n) is 8.06. The van der Waals surface area contributed by atoms with Gasteiger partial charge >= 0.3 is 6.09 Å². The number of carbonyl (C=O) groups excluding carboxylic acids is 1. The van der Waals surface area contributed by atoms with E-state index in [0.717, 1.165) is 22.0 Å². The summed E-state index contributed by atoms with van der Waals surface area (Å²) in [6.45, 7) is 0.663. The van der Waals surface area contributed by atoms with Gasteiger partial charge in [-0.15, -0.1) is 0 Å². The van der Waals surface area contributed by atoms with Crippen LogP contribution >= 0.6 is 11.6 Å². The fourth-order valence-electron chi connectivity index (χ4n) is 2.27. The molecule has 1 N–H and O–H groups in total. The van der Waals surface area contributed by atoms with Crippen LogP contribution in [0.3, 0.4) is 0 Å². The Balaban J connectivity index is 1.45. The zero-order chi connectivity index (χ0) is 18.2. The van der Waals surface area contributed by atoms with Crippen LogP contribution in [0.1, 0.15) is 17.5 Å². The van der Waals surface area contributed by atoms with Gasteiger partial charge in [-0.1, -0.05) is 53.8 Å². The van der Waals surface area contributed by atoms with Crippen LogP contribution in [-0.2, 0) is 11.3 Å². The topological polar surface area (TPSA) is 64.1 Å². The largest absolute Gasteiger partial charge is 0.445 e. The summed E-state index contributed by atoms with van der Waals surface area (Å²) in [5.41, 5.74) is 2.54. The molecule has 0 unspecified atom stereocenters. The molecular formula is C20H16ClN3O2. The Morgan fingerprint density at radius 3 is 2.85 bits per heavy atom. The van der Waals surface area contributed by atoms with E-state index in [2.05, 4.69) is 27.1 Å². The third kappa shape index (κ3) is 4.95. The first kappa shape index (κ1) is 17.7. The lowest BCUT2D eigenvalue weighted by Gasteiger charge is -2.05. The third-order valence-electron chi connectivity index (χ3n) is 3.55. The Kier molecular flexibility index (Phi) is 6.02. The zero-order valence-electron chi connectivity index (χ0n) is 13.9. The summed E-state index contributed by atoms with van der Waals surface area (Å²) in [6.07, 6.45) is 1.49. The van der Waals surface area contributed by atoms with E-state index in [1.165, 1.54) is 6.33 Å². The number of hydrogen-bond acceptors (Lipinski definition) is 4. The van der Waals surface area contributed by atoms with Crippen LogP contribution in [0.2, 0.25) is 5.15 Å². The van der Waals surface area contributed by atoms with Crippen molar-refractivity contribution in [2.75, 3.05) is 6.54 Å². The average molecular weight is 366 g/mol. The van der Waals surface area contributed by atoms with Crippen LogP contribution in [0.4, 0.5) is 4.79 Å². The van der Waals surface area contributed by atoms with Gasteiger partial charge in [0.25, 0.3) is 0 Å². The number of rotatable bonds is 4. The predicted octanol–water partition coefficient (Wildman–Crippen LogP) is 3.95. The SMILES string of the molecule is O=C(NCCC#Cc1ccc2ncnc(Cl)c2c1)OCc1ccccc1. The summed E-state index contributed by atoms with van der Waals surface area (Å²) < 4.78 is 5.13. The third-order valence-corrected chi connectivity index (χ3v) is 3.85.